The molecule has 1 amide bonds. The highest BCUT2D eigenvalue weighted by molar-refractivity contribution is 9.11. The quantitative estimate of drug-likeness (QED) is 0.700. The normalized spacial score (nSPS) is 10.8. The van der Waals surface area contributed by atoms with Gasteiger partial charge in [-0.15, -0.1) is 11.3 Å². The largest absolute Gasteiger partial charge is 0.459 e. The average Bonchev–Trinajstić information content (AvgIpc) is 2.89. The Morgan fingerprint density at radius 1 is 1.50 bits per heavy atom. The molecule has 2 aromatic heterocycles. The summed E-state index contributed by atoms with van der Waals surface area (Å²) in [5, 5.41) is 3.82. The minimum Gasteiger partial charge on any atom is -0.459 e. The number of hydrogen-bond acceptors (Lipinski definition) is 4. The maximum Gasteiger partial charge on any atom is 0.307 e. The molecule has 4 nitrogen and oxygen atoms in total. The van der Waals surface area contributed by atoms with Crippen LogP contribution in [0.3, 0.4) is 0 Å². The van der Waals surface area contributed by atoms with Gasteiger partial charge in [-0.3, -0.25) is 4.79 Å². The summed E-state index contributed by atoms with van der Waals surface area (Å²) in [6.45, 7) is 0. The zero-order valence-corrected chi connectivity index (χ0v) is 10.4. The molecular formula is C10H7BrN2O2S. The van der Waals surface area contributed by atoms with Crippen LogP contribution in [0.1, 0.15) is 15.4 Å². The summed E-state index contributed by atoms with van der Waals surface area (Å²) in [5.74, 6) is -0.124. The molecule has 2 rings (SSSR count). The maximum absolute atomic E-state index is 11.4. The van der Waals surface area contributed by atoms with Crippen LogP contribution >= 0.6 is 27.3 Å². The van der Waals surface area contributed by atoms with Crippen LogP contribution in [0.4, 0.5) is 0 Å². The van der Waals surface area contributed by atoms with E-state index in [4.69, 9.17) is 4.42 Å². The lowest BCUT2D eigenvalue weighted by Crippen LogP contribution is -2.16. The first-order chi connectivity index (χ1) is 7.75. The third kappa shape index (κ3) is 2.80. The average molecular weight is 299 g/mol. The maximum atomic E-state index is 11.4. The van der Waals surface area contributed by atoms with Gasteiger partial charge in [-0.25, -0.2) is 5.43 Å². The molecule has 82 valence electrons. The number of furan rings is 1. The van der Waals surface area contributed by atoms with Gasteiger partial charge in [0.05, 0.1) is 16.3 Å². The predicted molar refractivity (Wildman–Crippen MR) is 65.8 cm³/mol. The number of rotatable bonds is 3. The highest BCUT2D eigenvalue weighted by Crippen LogP contribution is 2.20. The van der Waals surface area contributed by atoms with Crippen molar-refractivity contribution in [2.75, 3.05) is 0 Å². The van der Waals surface area contributed by atoms with Crippen LogP contribution in [0.15, 0.2) is 43.8 Å². The zero-order chi connectivity index (χ0) is 11.4. The van der Waals surface area contributed by atoms with Crippen LogP contribution in [-0.2, 0) is 0 Å². The molecule has 0 aliphatic carbocycles. The summed E-state index contributed by atoms with van der Waals surface area (Å²) < 4.78 is 5.93. The Morgan fingerprint density at radius 3 is 3.00 bits per heavy atom. The van der Waals surface area contributed by atoms with E-state index in [1.165, 1.54) is 17.6 Å². The number of halogens is 1. The molecule has 0 aliphatic heterocycles. The van der Waals surface area contributed by atoms with Crippen LogP contribution in [-0.4, -0.2) is 12.1 Å². The van der Waals surface area contributed by atoms with E-state index in [0.29, 0.717) is 0 Å². The molecule has 0 saturated carbocycles. The number of hydrazone groups is 1. The molecule has 0 saturated heterocycles. The van der Waals surface area contributed by atoms with Gasteiger partial charge in [0.15, 0.2) is 5.76 Å². The minimum absolute atomic E-state index is 0.240. The number of hydrogen-bond donors (Lipinski definition) is 1. The first kappa shape index (κ1) is 11.1. The molecular weight excluding hydrogens is 292 g/mol. The molecule has 1 N–H and O–H groups in total. The van der Waals surface area contributed by atoms with Gasteiger partial charge in [0.2, 0.25) is 0 Å². The van der Waals surface area contributed by atoms with Crippen molar-refractivity contribution in [2.45, 2.75) is 0 Å². The third-order valence-corrected chi connectivity index (χ3v) is 3.26. The SMILES string of the molecule is O=C(N/N=C/c1ccc(Br)s1)c1ccco1. The van der Waals surface area contributed by atoms with Crippen molar-refractivity contribution in [3.8, 4) is 0 Å². The van der Waals surface area contributed by atoms with Gasteiger partial charge in [0.25, 0.3) is 0 Å². The van der Waals surface area contributed by atoms with Gasteiger partial charge in [-0.1, -0.05) is 0 Å². The van der Waals surface area contributed by atoms with Crippen molar-refractivity contribution in [2.24, 2.45) is 5.10 Å². The number of carbonyl (C=O) groups is 1. The van der Waals surface area contributed by atoms with Gasteiger partial charge in [0.1, 0.15) is 0 Å². The van der Waals surface area contributed by atoms with Gasteiger partial charge < -0.3 is 4.42 Å². The monoisotopic (exact) mass is 298 g/mol. The fourth-order valence-electron chi connectivity index (χ4n) is 1.02. The van der Waals surface area contributed by atoms with Gasteiger partial charge >= 0.3 is 5.91 Å². The smallest absolute Gasteiger partial charge is 0.307 e. The van der Waals surface area contributed by atoms with Crippen molar-refractivity contribution < 1.29 is 9.21 Å². The Morgan fingerprint density at radius 2 is 2.38 bits per heavy atom. The summed E-state index contributed by atoms with van der Waals surface area (Å²) in [6.07, 6.45) is 3.02. The van der Waals surface area contributed by atoms with Crippen LogP contribution in [0, 0.1) is 0 Å². The fraction of sp³-hybridized carbons (Fsp3) is 0. The van der Waals surface area contributed by atoms with Crippen molar-refractivity contribution >= 4 is 39.4 Å². The second-order valence-electron chi connectivity index (χ2n) is 2.82. The number of nitrogens with one attached hydrogen (secondary N) is 1. The molecule has 0 radical (unpaired) electrons. The highest BCUT2D eigenvalue weighted by Gasteiger charge is 2.05. The first-order valence-corrected chi connectivity index (χ1v) is 5.99. The number of nitrogens with zero attached hydrogens (tertiary/aromatic N) is 1. The van der Waals surface area contributed by atoms with Gasteiger partial charge in [0, 0.05) is 4.88 Å². The van der Waals surface area contributed by atoms with Gasteiger partial charge in [-0.05, 0) is 40.2 Å². The Kier molecular flexibility index (Phi) is 3.53. The van der Waals surface area contributed by atoms with Crippen LogP contribution in [0.5, 0.6) is 0 Å². The lowest BCUT2D eigenvalue weighted by atomic mass is 10.4. The van der Waals surface area contributed by atoms with E-state index >= 15 is 0 Å². The van der Waals surface area contributed by atoms with Crippen molar-refractivity contribution in [3.63, 3.8) is 0 Å². The standard InChI is InChI=1S/C10H7BrN2O2S/c11-9-4-3-7(16-9)6-12-13-10(14)8-2-1-5-15-8/h1-6H,(H,13,14)/b12-6+. The summed E-state index contributed by atoms with van der Waals surface area (Å²) in [6, 6.07) is 7.04. The predicted octanol–water partition coefficient (Wildman–Crippen LogP) is 2.87. The highest BCUT2D eigenvalue weighted by atomic mass is 79.9. The molecule has 0 unspecified atom stereocenters. The van der Waals surface area contributed by atoms with E-state index in [-0.39, 0.29) is 11.7 Å². The number of thiophene rings is 1. The van der Waals surface area contributed by atoms with Crippen molar-refractivity contribution in [1.82, 2.24) is 5.43 Å². The van der Waals surface area contributed by atoms with E-state index in [1.54, 1.807) is 18.3 Å². The lowest BCUT2D eigenvalue weighted by molar-refractivity contribution is 0.0927. The number of amides is 1. The summed E-state index contributed by atoms with van der Waals surface area (Å²) in [5.41, 5.74) is 2.37. The zero-order valence-electron chi connectivity index (χ0n) is 8.01. The van der Waals surface area contributed by atoms with Crippen molar-refractivity contribution in [1.29, 1.82) is 0 Å². The number of carbonyl (C=O) groups excluding carboxylic acids is 1. The topological polar surface area (TPSA) is 54.6 Å². The van der Waals surface area contributed by atoms with E-state index in [2.05, 4.69) is 26.5 Å². The van der Waals surface area contributed by atoms with E-state index in [1.807, 2.05) is 12.1 Å². The van der Waals surface area contributed by atoms with Gasteiger partial charge in [-0.2, -0.15) is 5.10 Å². The van der Waals surface area contributed by atoms with E-state index < -0.39 is 0 Å². The lowest BCUT2D eigenvalue weighted by Gasteiger charge is -1.93. The molecule has 0 aromatic carbocycles. The Labute approximate surface area is 104 Å². The molecule has 0 aliphatic rings. The van der Waals surface area contributed by atoms with Crippen molar-refractivity contribution in [3.05, 3.63) is 45.0 Å². The Bertz CT molecular complexity index is 505. The molecule has 0 bridgehead atoms. The van der Waals surface area contributed by atoms with E-state index in [9.17, 15) is 4.79 Å². The summed E-state index contributed by atoms with van der Waals surface area (Å²) >= 11 is 4.87. The molecule has 2 heterocycles. The molecule has 16 heavy (non-hydrogen) atoms. The molecule has 0 spiro atoms. The molecule has 2 aromatic rings. The third-order valence-electron chi connectivity index (χ3n) is 1.70. The second kappa shape index (κ2) is 5.09. The summed E-state index contributed by atoms with van der Waals surface area (Å²) in [7, 11) is 0. The molecule has 0 atom stereocenters. The van der Waals surface area contributed by atoms with Crippen LogP contribution in [0.2, 0.25) is 0 Å². The van der Waals surface area contributed by atoms with E-state index in [0.717, 1.165) is 8.66 Å². The first-order valence-electron chi connectivity index (χ1n) is 4.38. The van der Waals surface area contributed by atoms with Crippen LogP contribution in [0.25, 0.3) is 0 Å². The van der Waals surface area contributed by atoms with Crippen LogP contribution < -0.4 is 5.43 Å². The molecule has 0 fully saturated rings. The Balaban J connectivity index is 1.93. The Hall–Kier alpha value is -1.40. The molecule has 6 heteroatoms. The summed E-state index contributed by atoms with van der Waals surface area (Å²) in [4.78, 5) is 12.3. The minimum atomic E-state index is -0.364. The fourth-order valence-corrected chi connectivity index (χ4v) is 2.31. The second-order valence-corrected chi connectivity index (χ2v) is 5.31.